The summed E-state index contributed by atoms with van der Waals surface area (Å²) in [5.74, 6) is 1.33. The van der Waals surface area contributed by atoms with Crippen molar-refractivity contribution in [3.63, 3.8) is 0 Å². The molecule has 126 valence electrons. The van der Waals surface area contributed by atoms with E-state index in [0.29, 0.717) is 11.6 Å². The van der Waals surface area contributed by atoms with Crippen LogP contribution in [0.4, 0.5) is 5.82 Å². The van der Waals surface area contributed by atoms with Gasteiger partial charge in [0.15, 0.2) is 17.7 Å². The molecule has 2 aliphatic rings. The van der Waals surface area contributed by atoms with Gasteiger partial charge in [-0.05, 0) is 44.7 Å². The van der Waals surface area contributed by atoms with Crippen LogP contribution in [-0.2, 0) is 4.79 Å². The van der Waals surface area contributed by atoms with Crippen LogP contribution in [0.1, 0.15) is 59.3 Å². The Labute approximate surface area is 142 Å². The van der Waals surface area contributed by atoms with Gasteiger partial charge in [-0.25, -0.2) is 4.98 Å². The van der Waals surface area contributed by atoms with Gasteiger partial charge in [0.25, 0.3) is 5.91 Å². The highest BCUT2D eigenvalue weighted by atomic mass is 35.5. The average molecular weight is 338 g/mol. The summed E-state index contributed by atoms with van der Waals surface area (Å²) in [6, 6.07) is 0. The normalized spacial score (nSPS) is 22.7. The van der Waals surface area contributed by atoms with Gasteiger partial charge < -0.3 is 4.74 Å². The van der Waals surface area contributed by atoms with Crippen molar-refractivity contribution in [1.29, 1.82) is 0 Å². The maximum Gasteiger partial charge on any atom is 0.270 e. The second-order valence-corrected chi connectivity index (χ2v) is 7.44. The van der Waals surface area contributed by atoms with Crippen LogP contribution < -0.4 is 9.64 Å². The molecule has 1 saturated carbocycles. The Bertz CT molecular complexity index is 600. The Morgan fingerprint density at radius 3 is 2.70 bits per heavy atom. The summed E-state index contributed by atoms with van der Waals surface area (Å²) in [5.41, 5.74) is -0.347. The molecule has 3 rings (SSSR count). The average Bonchev–Trinajstić information content (AvgIpc) is 2.54. The number of fused-ring (bicyclic) bond motifs is 1. The van der Waals surface area contributed by atoms with Crippen LogP contribution in [0.3, 0.4) is 0 Å². The topological polar surface area (TPSA) is 55.3 Å². The highest BCUT2D eigenvalue weighted by Gasteiger charge is 2.45. The summed E-state index contributed by atoms with van der Waals surface area (Å²) in [5, 5.41) is 0.133. The smallest absolute Gasteiger partial charge is 0.270 e. The van der Waals surface area contributed by atoms with Crippen molar-refractivity contribution in [3.8, 4) is 5.75 Å². The van der Waals surface area contributed by atoms with Crippen LogP contribution in [0.2, 0.25) is 5.28 Å². The molecule has 6 heteroatoms. The van der Waals surface area contributed by atoms with E-state index in [-0.39, 0.29) is 22.6 Å². The summed E-state index contributed by atoms with van der Waals surface area (Å²) >= 11 is 5.95. The highest BCUT2D eigenvalue weighted by molar-refractivity contribution is 6.28. The number of nitrogens with zero attached hydrogens (tertiary/aromatic N) is 3. The van der Waals surface area contributed by atoms with E-state index < -0.39 is 6.10 Å². The lowest BCUT2D eigenvalue weighted by molar-refractivity contribution is -0.130. The number of carbonyl (C=O) groups excluding carboxylic acids is 1. The van der Waals surface area contributed by atoms with Crippen LogP contribution >= 0.6 is 11.6 Å². The molecule has 0 radical (unpaired) electrons. The van der Waals surface area contributed by atoms with Crippen LogP contribution in [0, 0.1) is 5.92 Å². The van der Waals surface area contributed by atoms with Gasteiger partial charge in [0, 0.05) is 11.5 Å². The Hall–Kier alpha value is -1.36. The fourth-order valence-electron chi connectivity index (χ4n) is 3.48. The van der Waals surface area contributed by atoms with E-state index in [1.165, 1.54) is 19.3 Å². The number of ether oxygens (including phenoxy) is 1. The molecule has 1 aromatic heterocycles. The van der Waals surface area contributed by atoms with E-state index >= 15 is 0 Å². The van der Waals surface area contributed by atoms with Crippen molar-refractivity contribution >= 4 is 23.3 Å². The van der Waals surface area contributed by atoms with Gasteiger partial charge in [-0.1, -0.05) is 26.2 Å². The Kier molecular flexibility index (Phi) is 4.50. The maximum absolute atomic E-state index is 13.2. The Morgan fingerprint density at radius 2 is 2.04 bits per heavy atom. The quantitative estimate of drug-likeness (QED) is 0.782. The van der Waals surface area contributed by atoms with Crippen LogP contribution in [-0.4, -0.2) is 27.5 Å². The molecule has 0 saturated heterocycles. The number of hydrogen-bond acceptors (Lipinski definition) is 4. The van der Waals surface area contributed by atoms with E-state index in [1.54, 1.807) is 11.1 Å². The predicted molar refractivity (Wildman–Crippen MR) is 89.9 cm³/mol. The molecule has 5 nitrogen and oxygen atoms in total. The number of aromatic nitrogens is 2. The molecule has 1 aromatic rings. The lowest BCUT2D eigenvalue weighted by Crippen LogP contribution is -2.57. The number of rotatable bonds is 3. The minimum Gasteiger partial charge on any atom is -0.475 e. The lowest BCUT2D eigenvalue weighted by Gasteiger charge is -2.44. The third kappa shape index (κ3) is 3.03. The highest BCUT2D eigenvalue weighted by Crippen LogP contribution is 2.41. The van der Waals surface area contributed by atoms with Crippen molar-refractivity contribution in [2.75, 3.05) is 4.90 Å². The van der Waals surface area contributed by atoms with Crippen LogP contribution in [0.5, 0.6) is 5.75 Å². The number of halogens is 1. The zero-order valence-electron chi connectivity index (χ0n) is 14.0. The second-order valence-electron chi connectivity index (χ2n) is 7.10. The minimum atomic E-state index is -0.432. The SMILES string of the molecule is CCC(C)(C)N1C(=O)C(C2CCCCC2)Oc2cnc(Cl)nc21. The molecule has 1 aliphatic carbocycles. The van der Waals surface area contributed by atoms with E-state index in [0.717, 1.165) is 19.3 Å². The second kappa shape index (κ2) is 6.27. The molecule has 0 bridgehead atoms. The fourth-order valence-corrected chi connectivity index (χ4v) is 3.61. The first-order valence-corrected chi connectivity index (χ1v) is 8.85. The van der Waals surface area contributed by atoms with Gasteiger partial charge in [0.2, 0.25) is 5.28 Å². The summed E-state index contributed by atoms with van der Waals surface area (Å²) in [7, 11) is 0. The molecular formula is C17H24ClN3O2. The molecule has 0 N–H and O–H groups in total. The van der Waals surface area contributed by atoms with Gasteiger partial charge >= 0.3 is 0 Å². The standard InChI is InChI=1S/C17H24ClN3O2/c1-4-17(2,3)21-14-12(10-19-16(18)20-14)23-13(15(21)22)11-8-6-5-7-9-11/h10-11,13H,4-9H2,1-3H3. The molecular weight excluding hydrogens is 314 g/mol. The van der Waals surface area contributed by atoms with Crippen molar-refractivity contribution in [3.05, 3.63) is 11.5 Å². The fraction of sp³-hybridized carbons (Fsp3) is 0.706. The largest absolute Gasteiger partial charge is 0.475 e. The van der Waals surface area contributed by atoms with E-state index in [1.807, 2.05) is 13.8 Å². The summed E-state index contributed by atoms with van der Waals surface area (Å²) in [6.07, 6.45) is 7.64. The molecule has 1 atom stereocenters. The molecule has 0 aromatic carbocycles. The Morgan fingerprint density at radius 1 is 1.35 bits per heavy atom. The molecule has 1 unspecified atom stereocenters. The monoisotopic (exact) mass is 337 g/mol. The first-order valence-electron chi connectivity index (χ1n) is 8.47. The number of hydrogen-bond donors (Lipinski definition) is 0. The van der Waals surface area contributed by atoms with Gasteiger partial charge in [0.1, 0.15) is 0 Å². The lowest BCUT2D eigenvalue weighted by atomic mass is 9.83. The summed E-state index contributed by atoms with van der Waals surface area (Å²) in [6.45, 7) is 6.17. The molecule has 1 fully saturated rings. The summed E-state index contributed by atoms with van der Waals surface area (Å²) in [4.78, 5) is 23.3. The first-order chi connectivity index (χ1) is 10.9. The molecule has 2 heterocycles. The molecule has 1 amide bonds. The van der Waals surface area contributed by atoms with Crippen molar-refractivity contribution in [2.24, 2.45) is 5.92 Å². The third-order valence-electron chi connectivity index (χ3n) is 5.18. The van der Waals surface area contributed by atoms with E-state index in [2.05, 4.69) is 16.9 Å². The zero-order valence-corrected chi connectivity index (χ0v) is 14.8. The van der Waals surface area contributed by atoms with E-state index in [4.69, 9.17) is 16.3 Å². The van der Waals surface area contributed by atoms with Gasteiger partial charge in [-0.15, -0.1) is 0 Å². The Balaban J connectivity index is 2.02. The number of carbonyl (C=O) groups is 1. The van der Waals surface area contributed by atoms with Crippen molar-refractivity contribution in [1.82, 2.24) is 9.97 Å². The van der Waals surface area contributed by atoms with Crippen LogP contribution in [0.15, 0.2) is 6.20 Å². The van der Waals surface area contributed by atoms with Crippen molar-refractivity contribution in [2.45, 2.75) is 70.9 Å². The predicted octanol–water partition coefficient (Wildman–Crippen LogP) is 3.99. The zero-order chi connectivity index (χ0) is 16.6. The first kappa shape index (κ1) is 16.5. The molecule has 0 spiro atoms. The van der Waals surface area contributed by atoms with Crippen LogP contribution in [0.25, 0.3) is 0 Å². The van der Waals surface area contributed by atoms with Gasteiger partial charge in [-0.3, -0.25) is 9.69 Å². The van der Waals surface area contributed by atoms with Crippen molar-refractivity contribution < 1.29 is 9.53 Å². The molecule has 23 heavy (non-hydrogen) atoms. The maximum atomic E-state index is 13.2. The van der Waals surface area contributed by atoms with Gasteiger partial charge in [-0.2, -0.15) is 4.98 Å². The number of anilines is 1. The molecule has 1 aliphatic heterocycles. The third-order valence-corrected chi connectivity index (χ3v) is 5.37. The summed E-state index contributed by atoms with van der Waals surface area (Å²) < 4.78 is 6.03. The number of amides is 1. The van der Waals surface area contributed by atoms with Gasteiger partial charge in [0.05, 0.1) is 6.20 Å². The van der Waals surface area contributed by atoms with E-state index in [9.17, 15) is 4.79 Å². The minimum absolute atomic E-state index is 0.00557.